The van der Waals surface area contributed by atoms with Crippen molar-refractivity contribution in [1.29, 1.82) is 0 Å². The molecule has 26 heavy (non-hydrogen) atoms. The van der Waals surface area contributed by atoms with E-state index in [-0.39, 0.29) is 34.2 Å². The lowest BCUT2D eigenvalue weighted by Gasteiger charge is -2.63. The van der Waals surface area contributed by atoms with Crippen molar-refractivity contribution in [3.05, 3.63) is 0 Å². The summed E-state index contributed by atoms with van der Waals surface area (Å²) in [6, 6.07) is 0. The Labute approximate surface area is 157 Å². The molecule has 0 amide bonds. The Balaban J connectivity index is 1.69. The molecule has 1 N–H and O–H groups in total. The smallest absolute Gasteiger partial charge is 0.309 e. The van der Waals surface area contributed by atoms with Gasteiger partial charge in [-0.25, -0.2) is 0 Å². The van der Waals surface area contributed by atoms with Crippen molar-refractivity contribution in [3.63, 3.8) is 0 Å². The molecule has 0 aromatic rings. The van der Waals surface area contributed by atoms with E-state index in [0.29, 0.717) is 5.92 Å². The topological polar surface area (TPSA) is 63.6 Å². The molecule has 0 aliphatic heterocycles. The number of carboxylic acid groups (broad SMARTS) is 1. The van der Waals surface area contributed by atoms with Gasteiger partial charge in [0.05, 0.1) is 5.41 Å². The first kappa shape index (κ1) is 18.3. The minimum absolute atomic E-state index is 0.0413. The number of fused-ring (bicyclic) bond motifs is 3. The molecule has 1 spiro atoms. The lowest BCUT2D eigenvalue weighted by atomic mass is 9.40. The van der Waals surface area contributed by atoms with E-state index in [4.69, 9.17) is 4.74 Å². The van der Waals surface area contributed by atoms with Crippen molar-refractivity contribution < 1.29 is 19.4 Å². The lowest BCUT2D eigenvalue weighted by Crippen LogP contribution is -2.58. The van der Waals surface area contributed by atoms with E-state index in [1.165, 1.54) is 6.92 Å². The lowest BCUT2D eigenvalue weighted by molar-refractivity contribution is -0.182. The zero-order chi connectivity index (χ0) is 19.0. The zero-order valence-corrected chi connectivity index (χ0v) is 16.8. The summed E-state index contributed by atoms with van der Waals surface area (Å²) in [5.74, 6) is 0.0809. The van der Waals surface area contributed by atoms with Crippen molar-refractivity contribution in [2.45, 2.75) is 91.6 Å². The second-order valence-electron chi connectivity index (χ2n) is 10.8. The molecule has 4 rings (SSSR count). The normalized spacial score (nSPS) is 52.7. The summed E-state index contributed by atoms with van der Waals surface area (Å²) >= 11 is 0. The van der Waals surface area contributed by atoms with Crippen LogP contribution in [-0.4, -0.2) is 23.1 Å². The quantitative estimate of drug-likeness (QED) is 0.716. The van der Waals surface area contributed by atoms with Gasteiger partial charge in [0.2, 0.25) is 0 Å². The maximum Gasteiger partial charge on any atom is 0.309 e. The van der Waals surface area contributed by atoms with Crippen molar-refractivity contribution in [2.24, 2.45) is 33.5 Å². The fraction of sp³-hybridized carbons (Fsp3) is 0.909. The van der Waals surface area contributed by atoms with Crippen LogP contribution < -0.4 is 0 Å². The Morgan fingerprint density at radius 1 is 1.00 bits per heavy atom. The number of hydrogen-bond donors (Lipinski definition) is 1. The Kier molecular flexibility index (Phi) is 3.86. The molecule has 4 heteroatoms. The molecule has 4 fully saturated rings. The summed E-state index contributed by atoms with van der Waals surface area (Å²) in [5.41, 5.74) is -0.120. The Bertz CT molecular complexity index is 644. The zero-order valence-electron chi connectivity index (χ0n) is 16.8. The van der Waals surface area contributed by atoms with Gasteiger partial charge in [0.25, 0.3) is 0 Å². The number of carboxylic acids is 1. The second-order valence-corrected chi connectivity index (χ2v) is 10.8. The highest BCUT2D eigenvalue weighted by Crippen LogP contribution is 2.74. The number of esters is 1. The van der Waals surface area contributed by atoms with Crippen LogP contribution in [0, 0.1) is 33.5 Å². The van der Waals surface area contributed by atoms with Gasteiger partial charge in [0.15, 0.2) is 0 Å². The van der Waals surface area contributed by atoms with E-state index in [1.54, 1.807) is 0 Å². The van der Waals surface area contributed by atoms with E-state index in [0.717, 1.165) is 57.8 Å². The van der Waals surface area contributed by atoms with Crippen LogP contribution in [-0.2, 0) is 14.3 Å². The van der Waals surface area contributed by atoms with E-state index in [9.17, 15) is 14.7 Å². The molecule has 4 aliphatic rings. The first-order valence-corrected chi connectivity index (χ1v) is 10.5. The SMILES string of the molecule is CC(=O)OC1C[C@]23CC[C@H]4[C@@](C)(CCC[C@@]4(C)C(=O)O)[C@@H]2CC[C@@]1(C)C3. The van der Waals surface area contributed by atoms with Crippen molar-refractivity contribution >= 4 is 11.9 Å². The molecule has 2 bridgehead atoms. The molecular weight excluding hydrogens is 328 g/mol. The van der Waals surface area contributed by atoms with Crippen LogP contribution in [0.15, 0.2) is 0 Å². The average molecular weight is 363 g/mol. The first-order valence-electron chi connectivity index (χ1n) is 10.5. The summed E-state index contributed by atoms with van der Waals surface area (Å²) in [7, 11) is 0. The summed E-state index contributed by atoms with van der Waals surface area (Å²) < 4.78 is 5.79. The van der Waals surface area contributed by atoms with Crippen LogP contribution in [0.2, 0.25) is 0 Å². The molecular formula is C22H34O4. The van der Waals surface area contributed by atoms with Crippen LogP contribution >= 0.6 is 0 Å². The van der Waals surface area contributed by atoms with E-state index >= 15 is 0 Å². The summed E-state index contributed by atoms with van der Waals surface area (Å²) in [5, 5.41) is 10.0. The van der Waals surface area contributed by atoms with Gasteiger partial charge in [0.1, 0.15) is 6.10 Å². The van der Waals surface area contributed by atoms with Gasteiger partial charge in [-0.3, -0.25) is 9.59 Å². The minimum Gasteiger partial charge on any atom is -0.481 e. The average Bonchev–Trinajstić information content (AvgIpc) is 2.72. The van der Waals surface area contributed by atoms with Gasteiger partial charge < -0.3 is 9.84 Å². The van der Waals surface area contributed by atoms with Gasteiger partial charge >= 0.3 is 11.9 Å². The molecule has 4 aliphatic carbocycles. The molecule has 0 heterocycles. The monoisotopic (exact) mass is 362 g/mol. The number of carbonyl (C=O) groups is 2. The maximum absolute atomic E-state index is 12.2. The van der Waals surface area contributed by atoms with Gasteiger partial charge in [-0.2, -0.15) is 0 Å². The predicted octanol–water partition coefficient (Wildman–Crippen LogP) is 4.81. The molecule has 0 aromatic heterocycles. The van der Waals surface area contributed by atoms with E-state index in [1.807, 2.05) is 6.92 Å². The maximum atomic E-state index is 12.2. The molecule has 4 nitrogen and oxygen atoms in total. The minimum atomic E-state index is -0.603. The van der Waals surface area contributed by atoms with Crippen LogP contribution in [0.1, 0.15) is 85.5 Å². The number of rotatable bonds is 2. The van der Waals surface area contributed by atoms with Crippen molar-refractivity contribution in [3.8, 4) is 0 Å². The summed E-state index contributed by atoms with van der Waals surface area (Å²) in [4.78, 5) is 23.8. The molecule has 0 saturated heterocycles. The van der Waals surface area contributed by atoms with E-state index < -0.39 is 11.4 Å². The largest absolute Gasteiger partial charge is 0.481 e. The fourth-order valence-corrected chi connectivity index (χ4v) is 8.35. The summed E-state index contributed by atoms with van der Waals surface area (Å²) in [6.07, 6.45) is 9.55. The molecule has 1 unspecified atom stereocenters. The highest BCUT2D eigenvalue weighted by molar-refractivity contribution is 5.75. The highest BCUT2D eigenvalue weighted by atomic mass is 16.5. The van der Waals surface area contributed by atoms with E-state index in [2.05, 4.69) is 13.8 Å². The predicted molar refractivity (Wildman–Crippen MR) is 98.5 cm³/mol. The van der Waals surface area contributed by atoms with Crippen molar-refractivity contribution in [2.75, 3.05) is 0 Å². The third-order valence-corrected chi connectivity index (χ3v) is 9.37. The third kappa shape index (κ3) is 2.26. The number of ether oxygens (including phenoxy) is 1. The Morgan fingerprint density at radius 3 is 2.35 bits per heavy atom. The fourth-order valence-electron chi connectivity index (χ4n) is 8.35. The number of hydrogen-bond acceptors (Lipinski definition) is 3. The molecule has 146 valence electrons. The first-order chi connectivity index (χ1) is 12.1. The molecule has 0 radical (unpaired) electrons. The third-order valence-electron chi connectivity index (χ3n) is 9.37. The second kappa shape index (κ2) is 5.48. The highest BCUT2D eigenvalue weighted by Gasteiger charge is 2.68. The Hall–Kier alpha value is -1.06. The Morgan fingerprint density at radius 2 is 1.69 bits per heavy atom. The molecule has 0 aromatic carbocycles. The van der Waals surface area contributed by atoms with Gasteiger partial charge in [-0.15, -0.1) is 0 Å². The van der Waals surface area contributed by atoms with Gasteiger partial charge in [-0.05, 0) is 81.0 Å². The number of aliphatic carboxylic acids is 1. The van der Waals surface area contributed by atoms with Crippen LogP contribution in [0.4, 0.5) is 0 Å². The van der Waals surface area contributed by atoms with Crippen LogP contribution in [0.5, 0.6) is 0 Å². The van der Waals surface area contributed by atoms with Crippen LogP contribution in [0.3, 0.4) is 0 Å². The van der Waals surface area contributed by atoms with Gasteiger partial charge in [0, 0.05) is 12.3 Å². The summed E-state index contributed by atoms with van der Waals surface area (Å²) in [6.45, 7) is 8.23. The standard InChI is InChI=1S/C22H34O4/c1-14(23)26-17-12-22-11-7-15-20(3,8-5-9-21(15,4)18(24)25)16(22)6-10-19(17,2)13-22/h15-17H,5-13H2,1-4H3,(H,24,25)/t15-,16-,17?,19-,20+,21+,22-/m0/s1. The van der Waals surface area contributed by atoms with Gasteiger partial charge in [-0.1, -0.05) is 20.3 Å². The molecule has 4 saturated carbocycles. The molecule has 7 atom stereocenters. The number of carbonyl (C=O) groups excluding carboxylic acids is 1. The van der Waals surface area contributed by atoms with Crippen LogP contribution in [0.25, 0.3) is 0 Å². The van der Waals surface area contributed by atoms with Crippen molar-refractivity contribution in [1.82, 2.24) is 0 Å².